The second-order valence-corrected chi connectivity index (χ2v) is 14.8. The van der Waals surface area contributed by atoms with Crippen molar-refractivity contribution in [3.05, 3.63) is 181 Å². The molecule has 3 nitrogen and oxygen atoms in total. The van der Waals surface area contributed by atoms with Gasteiger partial charge in [-0.05, 0) is 76.1 Å². The summed E-state index contributed by atoms with van der Waals surface area (Å²) in [6.45, 7) is 4.79. The molecule has 0 radical (unpaired) electrons. The number of fused-ring (bicyclic) bond motifs is 9. The van der Waals surface area contributed by atoms with Gasteiger partial charge in [-0.3, -0.25) is 0 Å². The molecule has 0 N–H and O–H groups in total. The Kier molecular flexibility index (Phi) is 6.10. The first-order valence-electron chi connectivity index (χ1n) is 18.2. The van der Waals surface area contributed by atoms with E-state index in [2.05, 4.69) is 193 Å². The lowest BCUT2D eigenvalue weighted by molar-refractivity contribution is 0.632. The molecule has 0 saturated carbocycles. The molecule has 244 valence electrons. The molecule has 52 heavy (non-hydrogen) atoms. The Bertz CT molecular complexity index is 2850. The summed E-state index contributed by atoms with van der Waals surface area (Å²) < 4.78 is 2.44. The van der Waals surface area contributed by atoms with Gasteiger partial charge in [-0.2, -0.15) is 0 Å². The quantitative estimate of drug-likeness (QED) is 0.176. The molecule has 2 aliphatic heterocycles. The zero-order valence-electron chi connectivity index (χ0n) is 29.1. The fourth-order valence-electron chi connectivity index (χ4n) is 9.21. The predicted molar refractivity (Wildman–Crippen MR) is 219 cm³/mol. The van der Waals surface area contributed by atoms with Crippen molar-refractivity contribution in [2.75, 3.05) is 4.90 Å². The Balaban J connectivity index is 1.15. The number of rotatable bonds is 3. The second kappa shape index (κ2) is 10.8. The van der Waals surface area contributed by atoms with Crippen LogP contribution in [0.1, 0.15) is 25.0 Å². The van der Waals surface area contributed by atoms with Gasteiger partial charge in [0.05, 0.1) is 33.6 Å². The first kappa shape index (κ1) is 29.4. The van der Waals surface area contributed by atoms with Gasteiger partial charge in [0.2, 0.25) is 6.71 Å². The molecule has 0 fully saturated rings. The number of anilines is 3. The molecule has 0 spiro atoms. The standard InChI is InChI=1S/C48H34BN3/c1-48(2)38-18-8-12-22-44(38)52(45-23-13-9-19-39(45)48)34-25-26-35-37-29-32(24-27-43(37)51(46(35)30-34)33-15-4-3-5-16-33)49-40-20-10-7-17-36(40)47-41(49)28-31-14-6-11-21-42(31)50-47/h3-30H,1-2H3. The van der Waals surface area contributed by atoms with Crippen LogP contribution < -0.4 is 21.3 Å². The molecule has 0 bridgehead atoms. The van der Waals surface area contributed by atoms with Gasteiger partial charge in [0.1, 0.15) is 0 Å². The normalized spacial score (nSPS) is 14.0. The Morgan fingerprint density at radius 3 is 2.02 bits per heavy atom. The van der Waals surface area contributed by atoms with Crippen molar-refractivity contribution in [2.24, 2.45) is 0 Å². The lowest BCUT2D eigenvalue weighted by atomic mass is 9.39. The number of para-hydroxylation sites is 4. The third-order valence-electron chi connectivity index (χ3n) is 11.6. The Hall–Kier alpha value is -6.39. The molecule has 2 aromatic heterocycles. The summed E-state index contributed by atoms with van der Waals surface area (Å²) in [6.07, 6.45) is 0. The van der Waals surface area contributed by atoms with Crippen LogP contribution in [0.5, 0.6) is 0 Å². The van der Waals surface area contributed by atoms with Crippen LogP contribution >= 0.6 is 0 Å². The lowest BCUT2D eigenvalue weighted by Crippen LogP contribution is -2.48. The molecule has 2 aliphatic rings. The summed E-state index contributed by atoms with van der Waals surface area (Å²) >= 11 is 0. The van der Waals surface area contributed by atoms with Crippen LogP contribution in [0.3, 0.4) is 0 Å². The van der Waals surface area contributed by atoms with Gasteiger partial charge in [0, 0.05) is 27.6 Å². The number of benzene rings is 7. The minimum absolute atomic E-state index is 0.104. The van der Waals surface area contributed by atoms with Gasteiger partial charge in [0.15, 0.2) is 0 Å². The molecule has 0 amide bonds. The summed E-state index contributed by atoms with van der Waals surface area (Å²) in [4.78, 5) is 7.67. The highest BCUT2D eigenvalue weighted by Gasteiger charge is 2.37. The summed E-state index contributed by atoms with van der Waals surface area (Å²) in [5.41, 5.74) is 17.0. The first-order chi connectivity index (χ1) is 25.6. The Morgan fingerprint density at radius 2 is 1.21 bits per heavy atom. The van der Waals surface area contributed by atoms with Crippen LogP contribution in [0.2, 0.25) is 0 Å². The topological polar surface area (TPSA) is 21.1 Å². The number of hydrogen-bond donors (Lipinski definition) is 0. The van der Waals surface area contributed by atoms with Crippen LogP contribution in [0.25, 0.3) is 49.7 Å². The van der Waals surface area contributed by atoms with Crippen molar-refractivity contribution in [1.82, 2.24) is 9.55 Å². The monoisotopic (exact) mass is 663 g/mol. The maximum Gasteiger partial charge on any atom is 0.244 e. The lowest BCUT2D eigenvalue weighted by Gasteiger charge is -2.42. The van der Waals surface area contributed by atoms with Gasteiger partial charge in [-0.25, -0.2) is 4.98 Å². The van der Waals surface area contributed by atoms with E-state index in [4.69, 9.17) is 4.98 Å². The van der Waals surface area contributed by atoms with Crippen LogP contribution in [-0.2, 0) is 5.41 Å². The SMILES string of the molecule is CC1(C)c2ccccc2N(c2ccc3c4cc(B5c6ccccc6-c6nc7ccccc7cc65)ccc4n(-c4ccccc4)c3c2)c2ccccc21. The van der Waals surface area contributed by atoms with E-state index < -0.39 is 0 Å². The minimum atomic E-state index is -0.109. The van der Waals surface area contributed by atoms with Gasteiger partial charge < -0.3 is 9.47 Å². The van der Waals surface area contributed by atoms with E-state index in [0.29, 0.717) is 0 Å². The maximum atomic E-state index is 5.22. The number of aromatic nitrogens is 2. The van der Waals surface area contributed by atoms with Crippen molar-refractivity contribution in [2.45, 2.75) is 19.3 Å². The van der Waals surface area contributed by atoms with Crippen molar-refractivity contribution >= 4 is 72.9 Å². The minimum Gasteiger partial charge on any atom is -0.310 e. The number of pyridine rings is 1. The van der Waals surface area contributed by atoms with E-state index in [0.717, 1.165) is 22.6 Å². The fourth-order valence-corrected chi connectivity index (χ4v) is 9.21. The summed E-state index contributed by atoms with van der Waals surface area (Å²) in [6, 6.07) is 62.4. The van der Waals surface area contributed by atoms with E-state index in [-0.39, 0.29) is 12.1 Å². The van der Waals surface area contributed by atoms with E-state index in [1.54, 1.807) is 0 Å². The van der Waals surface area contributed by atoms with Crippen molar-refractivity contribution in [3.63, 3.8) is 0 Å². The zero-order chi connectivity index (χ0) is 34.6. The average molecular weight is 664 g/mol. The molecular formula is C48H34BN3. The van der Waals surface area contributed by atoms with Crippen molar-refractivity contribution in [1.29, 1.82) is 0 Å². The highest BCUT2D eigenvalue weighted by molar-refractivity contribution is 6.99. The summed E-state index contributed by atoms with van der Waals surface area (Å²) in [5.74, 6) is 0. The van der Waals surface area contributed by atoms with Crippen LogP contribution in [-0.4, -0.2) is 16.3 Å². The van der Waals surface area contributed by atoms with Gasteiger partial charge in [-0.15, -0.1) is 0 Å². The molecular weight excluding hydrogens is 629 g/mol. The third-order valence-corrected chi connectivity index (χ3v) is 11.6. The average Bonchev–Trinajstić information content (AvgIpc) is 3.69. The zero-order valence-corrected chi connectivity index (χ0v) is 29.1. The molecule has 7 aromatic carbocycles. The van der Waals surface area contributed by atoms with Gasteiger partial charge >= 0.3 is 0 Å². The molecule has 4 heterocycles. The van der Waals surface area contributed by atoms with Crippen LogP contribution in [0, 0.1) is 0 Å². The highest BCUT2D eigenvalue weighted by Crippen LogP contribution is 2.52. The predicted octanol–water partition coefficient (Wildman–Crippen LogP) is 9.94. The molecule has 0 aliphatic carbocycles. The Morgan fingerprint density at radius 1 is 0.519 bits per heavy atom. The summed E-state index contributed by atoms with van der Waals surface area (Å²) in [5, 5.41) is 3.67. The molecule has 0 saturated heterocycles. The second-order valence-electron chi connectivity index (χ2n) is 14.8. The highest BCUT2D eigenvalue weighted by atomic mass is 15.2. The molecule has 4 heteroatoms. The fraction of sp³-hybridized carbons (Fsp3) is 0.0625. The number of hydrogen-bond acceptors (Lipinski definition) is 2. The first-order valence-corrected chi connectivity index (χ1v) is 18.2. The van der Waals surface area contributed by atoms with Crippen LogP contribution in [0.4, 0.5) is 17.1 Å². The molecule has 11 rings (SSSR count). The van der Waals surface area contributed by atoms with Gasteiger partial charge in [0.25, 0.3) is 0 Å². The molecule has 0 unspecified atom stereocenters. The molecule has 9 aromatic rings. The number of nitrogens with zero attached hydrogens (tertiary/aromatic N) is 3. The Labute approximate surface area is 303 Å². The third kappa shape index (κ3) is 4.06. The van der Waals surface area contributed by atoms with E-state index in [9.17, 15) is 0 Å². The van der Waals surface area contributed by atoms with Gasteiger partial charge in [-0.1, -0.05) is 146 Å². The van der Waals surface area contributed by atoms with E-state index in [1.165, 1.54) is 71.6 Å². The van der Waals surface area contributed by atoms with Crippen LogP contribution in [0.15, 0.2) is 170 Å². The smallest absolute Gasteiger partial charge is 0.244 e. The molecule has 0 atom stereocenters. The van der Waals surface area contributed by atoms with Crippen molar-refractivity contribution in [3.8, 4) is 16.9 Å². The van der Waals surface area contributed by atoms with E-state index in [1.807, 2.05) is 0 Å². The summed E-state index contributed by atoms with van der Waals surface area (Å²) in [7, 11) is 0. The maximum absolute atomic E-state index is 5.22. The van der Waals surface area contributed by atoms with Crippen molar-refractivity contribution < 1.29 is 0 Å². The largest absolute Gasteiger partial charge is 0.310 e. The van der Waals surface area contributed by atoms with E-state index >= 15 is 0 Å².